The van der Waals surface area contributed by atoms with Crippen molar-refractivity contribution >= 4 is 6.09 Å². The average Bonchev–Trinajstić information content (AvgIpc) is 2.33. The molecule has 0 fully saturated rings. The lowest BCUT2D eigenvalue weighted by Crippen LogP contribution is -2.32. The maximum Gasteiger partial charge on any atom is 0.407 e. The molecule has 114 valence electrons. The van der Waals surface area contributed by atoms with Crippen LogP contribution in [0, 0.1) is 23.5 Å². The maximum atomic E-state index is 13.0. The van der Waals surface area contributed by atoms with Crippen LogP contribution >= 0.6 is 0 Å². The van der Waals surface area contributed by atoms with Gasteiger partial charge >= 0.3 is 6.09 Å². The maximum absolute atomic E-state index is 13.0. The van der Waals surface area contributed by atoms with Gasteiger partial charge in [-0.1, -0.05) is 11.8 Å². The molecule has 1 rings (SSSR count). The van der Waals surface area contributed by atoms with Crippen LogP contribution in [0.5, 0.6) is 5.75 Å². The summed E-state index contributed by atoms with van der Waals surface area (Å²) in [5.41, 5.74) is -0.461. The molecule has 0 aliphatic carbocycles. The molecule has 0 spiro atoms. The molecule has 0 aliphatic heterocycles. The molecule has 0 aliphatic rings. The van der Waals surface area contributed by atoms with E-state index in [-0.39, 0.29) is 12.1 Å². The number of phenolic OH excluding ortho intramolecular Hbond substituents is 1. The predicted octanol–water partition coefficient (Wildman–Crippen LogP) is 2.94. The topological polar surface area (TPSA) is 58.6 Å². The second-order valence-electron chi connectivity index (χ2n) is 5.27. The van der Waals surface area contributed by atoms with Crippen molar-refractivity contribution in [1.29, 1.82) is 0 Å². The van der Waals surface area contributed by atoms with E-state index in [0.717, 1.165) is 12.1 Å². The Kier molecular flexibility index (Phi) is 5.53. The van der Waals surface area contributed by atoms with Crippen molar-refractivity contribution in [2.45, 2.75) is 32.8 Å². The minimum absolute atomic E-state index is 0.111. The smallest absolute Gasteiger partial charge is 0.407 e. The highest BCUT2D eigenvalue weighted by Gasteiger charge is 2.15. The highest BCUT2D eigenvalue weighted by Crippen LogP contribution is 2.20. The molecule has 0 saturated carbocycles. The number of halogens is 2. The first-order valence-electron chi connectivity index (χ1n) is 6.33. The van der Waals surface area contributed by atoms with Crippen molar-refractivity contribution in [3.63, 3.8) is 0 Å². The van der Waals surface area contributed by atoms with Crippen LogP contribution in [0.25, 0.3) is 0 Å². The number of hydrogen-bond acceptors (Lipinski definition) is 3. The Hall–Kier alpha value is -2.29. The second kappa shape index (κ2) is 6.93. The van der Waals surface area contributed by atoms with E-state index in [1.54, 1.807) is 20.8 Å². The number of rotatable bonds is 2. The van der Waals surface area contributed by atoms with Gasteiger partial charge in [-0.05, 0) is 32.9 Å². The molecule has 1 aromatic rings. The molecule has 2 N–H and O–H groups in total. The number of carbonyl (C=O) groups is 1. The molecular weight excluding hydrogens is 280 g/mol. The van der Waals surface area contributed by atoms with Crippen molar-refractivity contribution < 1.29 is 23.4 Å². The van der Waals surface area contributed by atoms with Gasteiger partial charge in [-0.3, -0.25) is 0 Å². The molecule has 0 saturated heterocycles. The summed E-state index contributed by atoms with van der Waals surface area (Å²) in [4.78, 5) is 11.3. The fourth-order valence-electron chi connectivity index (χ4n) is 1.34. The van der Waals surface area contributed by atoms with Gasteiger partial charge in [-0.2, -0.15) is 0 Å². The summed E-state index contributed by atoms with van der Waals surface area (Å²) in [7, 11) is 0. The highest BCUT2D eigenvalue weighted by atomic mass is 19.1. The standard InChI is InChI=1S/C15H17F2NO3/c1-15(2,3)21-14(20)18-7-5-4-6-10-8-11(16)13(19)12(17)9-10/h8-9,19H,5,7H2,1-3H3,(H,18,20). The number of phenols is 1. The van der Waals surface area contributed by atoms with E-state index in [1.165, 1.54) is 0 Å². The summed E-state index contributed by atoms with van der Waals surface area (Å²) < 4.78 is 31.1. The van der Waals surface area contributed by atoms with Crippen LogP contribution in [0.1, 0.15) is 32.8 Å². The lowest BCUT2D eigenvalue weighted by Gasteiger charge is -2.19. The molecule has 1 amide bonds. The monoisotopic (exact) mass is 297 g/mol. The Morgan fingerprint density at radius 3 is 2.43 bits per heavy atom. The van der Waals surface area contributed by atoms with Crippen molar-refractivity contribution in [2.24, 2.45) is 0 Å². The molecule has 0 heterocycles. The van der Waals surface area contributed by atoms with Gasteiger partial charge in [0.25, 0.3) is 0 Å². The summed E-state index contributed by atoms with van der Waals surface area (Å²) in [5, 5.41) is 11.4. The number of nitrogens with one attached hydrogen (secondary N) is 1. The third kappa shape index (κ3) is 6.13. The van der Waals surface area contributed by atoms with E-state index in [9.17, 15) is 13.6 Å². The van der Waals surface area contributed by atoms with Gasteiger partial charge in [-0.25, -0.2) is 13.6 Å². The second-order valence-corrected chi connectivity index (χ2v) is 5.27. The lowest BCUT2D eigenvalue weighted by atomic mass is 10.2. The SMILES string of the molecule is CC(C)(C)OC(=O)NCCC#Cc1cc(F)c(O)c(F)c1. The van der Waals surface area contributed by atoms with Gasteiger partial charge in [0.15, 0.2) is 17.4 Å². The number of benzene rings is 1. The van der Waals surface area contributed by atoms with E-state index in [2.05, 4.69) is 17.2 Å². The van der Waals surface area contributed by atoms with Gasteiger partial charge in [0.2, 0.25) is 0 Å². The molecule has 1 aromatic carbocycles. The highest BCUT2D eigenvalue weighted by molar-refractivity contribution is 5.67. The number of ether oxygens (including phenoxy) is 1. The lowest BCUT2D eigenvalue weighted by molar-refractivity contribution is 0.0529. The Morgan fingerprint density at radius 1 is 1.33 bits per heavy atom. The van der Waals surface area contributed by atoms with Crippen LogP contribution in [0.3, 0.4) is 0 Å². The Morgan fingerprint density at radius 2 is 1.90 bits per heavy atom. The molecular formula is C15H17F2NO3. The van der Waals surface area contributed by atoms with Gasteiger partial charge in [0, 0.05) is 18.5 Å². The Balaban J connectivity index is 2.46. The number of hydrogen-bond donors (Lipinski definition) is 2. The zero-order valence-electron chi connectivity index (χ0n) is 12.1. The van der Waals surface area contributed by atoms with Gasteiger partial charge in [0.1, 0.15) is 5.60 Å². The van der Waals surface area contributed by atoms with Gasteiger partial charge in [0.05, 0.1) is 0 Å². The van der Waals surface area contributed by atoms with E-state index < -0.39 is 29.1 Å². The van der Waals surface area contributed by atoms with E-state index in [4.69, 9.17) is 9.84 Å². The van der Waals surface area contributed by atoms with Crippen molar-refractivity contribution in [3.8, 4) is 17.6 Å². The number of carbonyl (C=O) groups excluding carboxylic acids is 1. The zero-order valence-corrected chi connectivity index (χ0v) is 12.1. The van der Waals surface area contributed by atoms with Crippen LogP contribution in [-0.2, 0) is 4.74 Å². The van der Waals surface area contributed by atoms with Crippen molar-refractivity contribution in [1.82, 2.24) is 5.32 Å². The first kappa shape index (κ1) is 16.8. The first-order valence-corrected chi connectivity index (χ1v) is 6.33. The normalized spacial score (nSPS) is 10.5. The summed E-state index contributed by atoms with van der Waals surface area (Å²) >= 11 is 0. The zero-order chi connectivity index (χ0) is 16.0. The molecule has 6 heteroatoms. The number of alkyl carbamates (subject to hydrolysis) is 1. The number of amides is 1. The van der Waals surface area contributed by atoms with Crippen LogP contribution in [0.2, 0.25) is 0 Å². The summed E-state index contributed by atoms with van der Waals surface area (Å²) in [6, 6.07) is 1.87. The van der Waals surface area contributed by atoms with E-state index in [1.807, 2.05) is 0 Å². The molecule has 21 heavy (non-hydrogen) atoms. The largest absolute Gasteiger partial charge is 0.503 e. The Bertz CT molecular complexity index is 560. The van der Waals surface area contributed by atoms with Crippen LogP contribution in [0.4, 0.5) is 13.6 Å². The quantitative estimate of drug-likeness (QED) is 0.652. The molecule has 0 unspecified atom stereocenters. The number of aromatic hydroxyl groups is 1. The molecule has 0 radical (unpaired) electrons. The summed E-state index contributed by atoms with van der Waals surface area (Å²) in [6.45, 7) is 5.51. The third-order valence-corrected chi connectivity index (χ3v) is 2.17. The molecule has 0 bridgehead atoms. The van der Waals surface area contributed by atoms with Gasteiger partial charge in [-0.15, -0.1) is 0 Å². The molecule has 0 atom stereocenters. The van der Waals surface area contributed by atoms with E-state index >= 15 is 0 Å². The third-order valence-electron chi connectivity index (χ3n) is 2.17. The fraction of sp³-hybridized carbons (Fsp3) is 0.400. The average molecular weight is 297 g/mol. The predicted molar refractivity (Wildman–Crippen MR) is 73.8 cm³/mol. The Labute approximate surface area is 122 Å². The van der Waals surface area contributed by atoms with Gasteiger partial charge < -0.3 is 15.2 Å². The van der Waals surface area contributed by atoms with Crippen LogP contribution in [0.15, 0.2) is 12.1 Å². The summed E-state index contributed by atoms with van der Waals surface area (Å²) in [6.07, 6.45) is -0.255. The van der Waals surface area contributed by atoms with Crippen molar-refractivity contribution in [3.05, 3.63) is 29.3 Å². The molecule has 0 aromatic heterocycles. The fourth-order valence-corrected chi connectivity index (χ4v) is 1.34. The molecule has 4 nitrogen and oxygen atoms in total. The first-order chi connectivity index (χ1) is 9.69. The van der Waals surface area contributed by atoms with Crippen LogP contribution in [-0.4, -0.2) is 23.3 Å². The van der Waals surface area contributed by atoms with Crippen molar-refractivity contribution in [2.75, 3.05) is 6.54 Å². The van der Waals surface area contributed by atoms with Crippen LogP contribution < -0.4 is 5.32 Å². The van der Waals surface area contributed by atoms with E-state index in [0.29, 0.717) is 6.42 Å². The minimum Gasteiger partial charge on any atom is -0.503 e. The minimum atomic E-state index is -1.06. The summed E-state index contributed by atoms with van der Waals surface area (Å²) in [5.74, 6) is 2.05.